The number of phenols is 1. The molecule has 1 aromatic rings. The number of hydrogen-bond acceptors (Lipinski definition) is 5. The number of rotatable bonds is 1. The first kappa shape index (κ1) is 20.5. The molecule has 0 bridgehead atoms. The van der Waals surface area contributed by atoms with Crippen molar-refractivity contribution in [2.75, 3.05) is 13.2 Å². The van der Waals surface area contributed by atoms with E-state index >= 15 is 0 Å². The SMILES string of the molecule is C[C@]12C[C@H](c3ccc(O)cc3)[C@H]3[C@@H](CC[C@@]4(O)CC5(CC[C@H]34)OCCO5)[C@@H]1CC[C@@H]2O. The van der Waals surface area contributed by atoms with Gasteiger partial charge in [-0.3, -0.25) is 0 Å². The van der Waals surface area contributed by atoms with E-state index < -0.39 is 11.4 Å². The van der Waals surface area contributed by atoms with Gasteiger partial charge in [0.05, 0.1) is 24.9 Å². The minimum atomic E-state index is -0.746. The van der Waals surface area contributed by atoms with E-state index in [2.05, 4.69) is 19.1 Å². The Balaban J connectivity index is 1.40. The Morgan fingerprint density at radius 1 is 0.935 bits per heavy atom. The summed E-state index contributed by atoms with van der Waals surface area (Å²) in [6, 6.07) is 7.69. The quantitative estimate of drug-likeness (QED) is 0.631. The van der Waals surface area contributed by atoms with Crippen molar-refractivity contribution in [3.63, 3.8) is 0 Å². The van der Waals surface area contributed by atoms with Gasteiger partial charge in [-0.15, -0.1) is 0 Å². The molecule has 0 amide bonds. The number of benzene rings is 1. The lowest BCUT2D eigenvalue weighted by molar-refractivity contribution is -0.258. The molecule has 4 saturated carbocycles. The highest BCUT2D eigenvalue weighted by atomic mass is 16.7. The second kappa shape index (κ2) is 6.93. The van der Waals surface area contributed by atoms with Crippen LogP contribution in [-0.2, 0) is 9.47 Å². The van der Waals surface area contributed by atoms with Gasteiger partial charge in [0, 0.05) is 12.8 Å². The highest BCUT2D eigenvalue weighted by Gasteiger charge is 2.64. The molecule has 5 nitrogen and oxygen atoms in total. The second-order valence-corrected chi connectivity index (χ2v) is 11.4. The summed E-state index contributed by atoms with van der Waals surface area (Å²) >= 11 is 0. The van der Waals surface area contributed by atoms with E-state index in [1.54, 1.807) is 12.1 Å². The standard InChI is InChI=1S/C26H36O5/c1-24-14-19(16-2-4-17(27)5-3-16)23-18(20(24)6-7-22(24)28)8-10-25(29)15-26(11-9-21(23)25)30-12-13-31-26/h2-5,18-23,27-29H,6-15H2,1H3/t18-,19+,20-,21+,22-,23+,24-,25+/m0/s1. The number of phenolic OH excluding ortho intramolecular Hbond substituents is 1. The van der Waals surface area contributed by atoms with E-state index in [1.165, 1.54) is 5.56 Å². The van der Waals surface area contributed by atoms with Crippen molar-refractivity contribution in [1.82, 2.24) is 0 Å². The van der Waals surface area contributed by atoms with Gasteiger partial charge in [0.25, 0.3) is 0 Å². The molecular weight excluding hydrogens is 392 g/mol. The summed E-state index contributed by atoms with van der Waals surface area (Å²) in [6.45, 7) is 3.55. The molecule has 0 aromatic heterocycles. The first-order valence-corrected chi connectivity index (χ1v) is 12.3. The maximum atomic E-state index is 12.0. The van der Waals surface area contributed by atoms with Gasteiger partial charge < -0.3 is 24.8 Å². The van der Waals surface area contributed by atoms with Gasteiger partial charge >= 0.3 is 0 Å². The summed E-state index contributed by atoms with van der Waals surface area (Å²) in [6.07, 6.45) is 6.89. The Hall–Kier alpha value is -1.14. The van der Waals surface area contributed by atoms with Crippen LogP contribution >= 0.6 is 0 Å². The number of aliphatic hydroxyl groups excluding tert-OH is 1. The molecule has 1 aromatic carbocycles. The van der Waals surface area contributed by atoms with Crippen molar-refractivity contribution in [2.24, 2.45) is 29.1 Å². The Bertz CT molecular complexity index is 833. The number of aromatic hydroxyl groups is 1. The van der Waals surface area contributed by atoms with E-state index in [4.69, 9.17) is 9.47 Å². The van der Waals surface area contributed by atoms with E-state index in [0.717, 1.165) is 44.9 Å². The minimum absolute atomic E-state index is 0.0628. The number of aliphatic hydroxyl groups is 2. The number of ether oxygens (including phenoxy) is 2. The number of fused-ring (bicyclic) bond motifs is 5. The van der Waals surface area contributed by atoms with Crippen LogP contribution in [0.25, 0.3) is 0 Å². The van der Waals surface area contributed by atoms with Crippen molar-refractivity contribution >= 4 is 0 Å². The zero-order valence-corrected chi connectivity index (χ0v) is 18.5. The van der Waals surface area contributed by atoms with Crippen LogP contribution in [0.15, 0.2) is 24.3 Å². The van der Waals surface area contributed by atoms with Crippen molar-refractivity contribution in [3.05, 3.63) is 29.8 Å². The third-order valence-electron chi connectivity index (χ3n) is 10.1. The van der Waals surface area contributed by atoms with Gasteiger partial charge in [-0.05, 0) is 91.2 Å². The van der Waals surface area contributed by atoms with Gasteiger partial charge in [0.2, 0.25) is 0 Å². The zero-order chi connectivity index (χ0) is 21.4. The zero-order valence-electron chi connectivity index (χ0n) is 18.5. The summed E-state index contributed by atoms with van der Waals surface area (Å²) in [5, 5.41) is 32.8. The van der Waals surface area contributed by atoms with Gasteiger partial charge in [0.1, 0.15) is 5.75 Å². The molecule has 5 heteroatoms. The molecule has 1 saturated heterocycles. The predicted octanol–water partition coefficient (Wildman–Crippen LogP) is 3.96. The molecule has 5 aliphatic rings. The van der Waals surface area contributed by atoms with Crippen LogP contribution in [0.4, 0.5) is 0 Å². The number of hydrogen-bond donors (Lipinski definition) is 3. The molecule has 1 aliphatic heterocycles. The molecule has 5 fully saturated rings. The summed E-state index contributed by atoms with van der Waals surface area (Å²) in [5.74, 6) is 1.67. The van der Waals surface area contributed by atoms with Crippen LogP contribution in [0.2, 0.25) is 0 Å². The van der Waals surface area contributed by atoms with Crippen molar-refractivity contribution in [2.45, 2.75) is 81.7 Å². The van der Waals surface area contributed by atoms with E-state index in [0.29, 0.717) is 37.4 Å². The Kier molecular flexibility index (Phi) is 4.57. The van der Waals surface area contributed by atoms with Crippen LogP contribution in [0.5, 0.6) is 5.75 Å². The molecule has 31 heavy (non-hydrogen) atoms. The second-order valence-electron chi connectivity index (χ2n) is 11.4. The summed E-state index contributed by atoms with van der Waals surface area (Å²) < 4.78 is 12.0. The van der Waals surface area contributed by atoms with Gasteiger partial charge in [-0.25, -0.2) is 0 Å². The largest absolute Gasteiger partial charge is 0.508 e. The van der Waals surface area contributed by atoms with Crippen LogP contribution in [-0.4, -0.2) is 46.0 Å². The smallest absolute Gasteiger partial charge is 0.171 e. The molecule has 3 N–H and O–H groups in total. The summed E-state index contributed by atoms with van der Waals surface area (Å²) in [4.78, 5) is 0. The maximum Gasteiger partial charge on any atom is 0.171 e. The van der Waals surface area contributed by atoms with E-state index in [-0.39, 0.29) is 29.1 Å². The van der Waals surface area contributed by atoms with Crippen molar-refractivity contribution in [1.29, 1.82) is 0 Å². The molecule has 4 aliphatic carbocycles. The lowest BCUT2D eigenvalue weighted by Crippen LogP contribution is -2.61. The van der Waals surface area contributed by atoms with Crippen LogP contribution in [0.1, 0.15) is 69.8 Å². The molecular formula is C26H36O5. The van der Waals surface area contributed by atoms with Crippen LogP contribution < -0.4 is 0 Å². The molecule has 0 radical (unpaired) electrons. The Morgan fingerprint density at radius 2 is 1.68 bits per heavy atom. The monoisotopic (exact) mass is 428 g/mol. The lowest BCUT2D eigenvalue weighted by Gasteiger charge is -2.62. The topological polar surface area (TPSA) is 79.2 Å². The van der Waals surface area contributed by atoms with Gasteiger partial charge in [0.15, 0.2) is 5.79 Å². The minimum Gasteiger partial charge on any atom is -0.508 e. The lowest BCUT2D eigenvalue weighted by atomic mass is 9.45. The highest BCUT2D eigenvalue weighted by Crippen LogP contribution is 2.67. The first-order chi connectivity index (χ1) is 14.8. The third kappa shape index (κ3) is 2.96. The highest BCUT2D eigenvalue weighted by molar-refractivity contribution is 5.31. The molecule has 1 heterocycles. The molecule has 0 unspecified atom stereocenters. The fraction of sp³-hybridized carbons (Fsp3) is 0.769. The fourth-order valence-electron chi connectivity index (χ4n) is 8.76. The third-order valence-corrected chi connectivity index (χ3v) is 10.1. The predicted molar refractivity (Wildman–Crippen MR) is 115 cm³/mol. The van der Waals surface area contributed by atoms with Gasteiger partial charge in [-0.1, -0.05) is 19.1 Å². The average Bonchev–Trinajstić information content (AvgIpc) is 3.31. The van der Waals surface area contributed by atoms with Crippen LogP contribution in [0, 0.1) is 29.1 Å². The van der Waals surface area contributed by atoms with Crippen LogP contribution in [0.3, 0.4) is 0 Å². The van der Waals surface area contributed by atoms with E-state index in [9.17, 15) is 15.3 Å². The normalized spacial score (nSPS) is 48.2. The first-order valence-electron chi connectivity index (χ1n) is 12.3. The molecule has 170 valence electrons. The van der Waals surface area contributed by atoms with E-state index in [1.807, 2.05) is 0 Å². The summed E-state index contributed by atoms with van der Waals surface area (Å²) in [5.41, 5.74) is 0.431. The Labute approximate surface area is 184 Å². The molecule has 8 atom stereocenters. The van der Waals surface area contributed by atoms with Crippen molar-refractivity contribution < 1.29 is 24.8 Å². The molecule has 6 rings (SSSR count). The molecule has 1 spiro atoms. The Morgan fingerprint density at radius 3 is 2.42 bits per heavy atom. The van der Waals surface area contributed by atoms with Crippen molar-refractivity contribution in [3.8, 4) is 5.75 Å². The summed E-state index contributed by atoms with van der Waals surface area (Å²) in [7, 11) is 0. The average molecular weight is 429 g/mol. The maximum absolute atomic E-state index is 12.0. The van der Waals surface area contributed by atoms with Gasteiger partial charge in [-0.2, -0.15) is 0 Å². The fourth-order valence-corrected chi connectivity index (χ4v) is 8.76.